The molecule has 4 heteroatoms. The number of carboxylic acid groups (broad SMARTS) is 1. The Labute approximate surface area is 77.9 Å². The van der Waals surface area contributed by atoms with E-state index < -0.39 is 5.97 Å². The number of aliphatic carboxylic acids is 1. The summed E-state index contributed by atoms with van der Waals surface area (Å²) in [6.07, 6.45) is 2.05. The number of hydrogen-bond acceptors (Lipinski definition) is 3. The Bertz CT molecular complexity index is 141. The number of carbonyl (C=O) groups is 1. The molecule has 0 heterocycles. The third kappa shape index (κ3) is 5.43. The van der Waals surface area contributed by atoms with Gasteiger partial charge in [0.2, 0.25) is 0 Å². The first kappa shape index (κ1) is 11.8. The lowest BCUT2D eigenvalue weighted by atomic mass is 10.2. The number of nitrogens with one attached hydrogen (secondary N) is 1. The summed E-state index contributed by atoms with van der Waals surface area (Å²) in [5.74, 6) is -1.03. The van der Waals surface area contributed by atoms with E-state index in [2.05, 4.69) is 12.2 Å². The summed E-state index contributed by atoms with van der Waals surface area (Å²) >= 11 is 1.77. The molecule has 12 heavy (non-hydrogen) atoms. The zero-order valence-corrected chi connectivity index (χ0v) is 8.65. The van der Waals surface area contributed by atoms with Gasteiger partial charge >= 0.3 is 5.97 Å². The van der Waals surface area contributed by atoms with E-state index >= 15 is 0 Å². The van der Waals surface area contributed by atoms with Crippen LogP contribution in [-0.4, -0.2) is 35.7 Å². The van der Waals surface area contributed by atoms with E-state index in [1.54, 1.807) is 18.7 Å². The van der Waals surface area contributed by atoms with Gasteiger partial charge in [-0.1, -0.05) is 13.8 Å². The predicted molar refractivity (Wildman–Crippen MR) is 52.6 cm³/mol. The molecular weight excluding hydrogens is 174 g/mol. The van der Waals surface area contributed by atoms with Crippen LogP contribution in [0.5, 0.6) is 0 Å². The van der Waals surface area contributed by atoms with Crippen LogP contribution in [0, 0.1) is 5.92 Å². The van der Waals surface area contributed by atoms with E-state index in [1.165, 1.54) is 0 Å². The SMILES string of the molecule is CSC(C)CNCC(C)C(=O)O. The molecule has 0 aliphatic heterocycles. The van der Waals surface area contributed by atoms with Crippen molar-refractivity contribution in [3.8, 4) is 0 Å². The van der Waals surface area contributed by atoms with Crippen LogP contribution in [0.2, 0.25) is 0 Å². The molecule has 0 aliphatic rings. The van der Waals surface area contributed by atoms with Gasteiger partial charge in [-0.2, -0.15) is 11.8 Å². The second-order valence-corrected chi connectivity index (χ2v) is 4.22. The summed E-state index contributed by atoms with van der Waals surface area (Å²) < 4.78 is 0. The zero-order valence-electron chi connectivity index (χ0n) is 7.83. The molecule has 2 atom stereocenters. The van der Waals surface area contributed by atoms with Gasteiger partial charge in [0, 0.05) is 18.3 Å². The first-order valence-corrected chi connectivity index (χ1v) is 5.33. The summed E-state index contributed by atoms with van der Waals surface area (Å²) in [5.41, 5.74) is 0. The van der Waals surface area contributed by atoms with Gasteiger partial charge in [0.25, 0.3) is 0 Å². The number of hydrogen-bond donors (Lipinski definition) is 2. The monoisotopic (exact) mass is 191 g/mol. The Morgan fingerprint density at radius 3 is 2.50 bits per heavy atom. The van der Waals surface area contributed by atoms with Crippen LogP contribution in [-0.2, 0) is 4.79 Å². The molecule has 0 radical (unpaired) electrons. The van der Waals surface area contributed by atoms with E-state index in [0.717, 1.165) is 6.54 Å². The van der Waals surface area contributed by atoms with Crippen molar-refractivity contribution in [2.45, 2.75) is 19.1 Å². The topological polar surface area (TPSA) is 49.3 Å². The van der Waals surface area contributed by atoms with Crippen LogP contribution in [0.4, 0.5) is 0 Å². The van der Waals surface area contributed by atoms with Crippen LogP contribution in [0.1, 0.15) is 13.8 Å². The van der Waals surface area contributed by atoms with E-state index in [-0.39, 0.29) is 5.92 Å². The fourth-order valence-corrected chi connectivity index (χ4v) is 0.958. The first-order valence-electron chi connectivity index (χ1n) is 4.04. The average molecular weight is 191 g/mol. The number of carboxylic acids is 1. The second-order valence-electron chi connectivity index (χ2n) is 2.94. The smallest absolute Gasteiger partial charge is 0.307 e. The van der Waals surface area contributed by atoms with Gasteiger partial charge in [0.15, 0.2) is 0 Å². The minimum Gasteiger partial charge on any atom is -0.481 e. The Balaban J connectivity index is 3.37. The summed E-state index contributed by atoms with van der Waals surface area (Å²) in [4.78, 5) is 10.4. The average Bonchev–Trinajstić information content (AvgIpc) is 2.03. The first-order chi connectivity index (χ1) is 5.57. The molecule has 0 fully saturated rings. The Hall–Kier alpha value is -0.220. The van der Waals surface area contributed by atoms with Crippen LogP contribution in [0.3, 0.4) is 0 Å². The van der Waals surface area contributed by atoms with Gasteiger partial charge in [-0.25, -0.2) is 0 Å². The second kappa shape index (κ2) is 6.31. The van der Waals surface area contributed by atoms with E-state index in [0.29, 0.717) is 11.8 Å². The van der Waals surface area contributed by atoms with Gasteiger partial charge in [-0.15, -0.1) is 0 Å². The van der Waals surface area contributed by atoms with Crippen molar-refractivity contribution < 1.29 is 9.90 Å². The molecule has 0 spiro atoms. The highest BCUT2D eigenvalue weighted by molar-refractivity contribution is 7.99. The zero-order chi connectivity index (χ0) is 9.56. The molecule has 0 amide bonds. The molecule has 3 nitrogen and oxygen atoms in total. The maximum atomic E-state index is 10.4. The van der Waals surface area contributed by atoms with Gasteiger partial charge in [-0.3, -0.25) is 4.79 Å². The Morgan fingerprint density at radius 2 is 2.08 bits per heavy atom. The molecule has 0 aromatic heterocycles. The van der Waals surface area contributed by atoms with E-state index in [9.17, 15) is 4.79 Å². The minimum atomic E-state index is -0.737. The van der Waals surface area contributed by atoms with Crippen LogP contribution in [0.15, 0.2) is 0 Å². The summed E-state index contributed by atoms with van der Waals surface area (Å²) in [6.45, 7) is 5.25. The van der Waals surface area contributed by atoms with Gasteiger partial charge in [0.1, 0.15) is 0 Å². The highest BCUT2D eigenvalue weighted by Gasteiger charge is 2.09. The third-order valence-electron chi connectivity index (χ3n) is 1.71. The Kier molecular flexibility index (Phi) is 6.20. The lowest BCUT2D eigenvalue weighted by Gasteiger charge is -2.11. The molecule has 0 saturated carbocycles. The maximum Gasteiger partial charge on any atom is 0.307 e. The largest absolute Gasteiger partial charge is 0.481 e. The molecule has 0 rings (SSSR count). The summed E-state index contributed by atoms with van der Waals surface area (Å²) in [5, 5.41) is 12.2. The van der Waals surface area contributed by atoms with Crippen molar-refractivity contribution in [2.75, 3.05) is 19.3 Å². The van der Waals surface area contributed by atoms with E-state index in [4.69, 9.17) is 5.11 Å². The van der Waals surface area contributed by atoms with Crippen molar-refractivity contribution >= 4 is 17.7 Å². The third-order valence-corrected chi connectivity index (χ3v) is 2.68. The maximum absolute atomic E-state index is 10.4. The quantitative estimate of drug-likeness (QED) is 0.659. The number of rotatable bonds is 6. The molecular formula is C8H17NO2S. The normalized spacial score (nSPS) is 15.6. The van der Waals surface area contributed by atoms with Crippen molar-refractivity contribution in [2.24, 2.45) is 5.92 Å². The number of thioether (sulfide) groups is 1. The molecule has 0 aliphatic carbocycles. The summed E-state index contributed by atoms with van der Waals surface area (Å²) in [6, 6.07) is 0. The fraction of sp³-hybridized carbons (Fsp3) is 0.875. The molecule has 0 bridgehead atoms. The molecule has 2 N–H and O–H groups in total. The van der Waals surface area contributed by atoms with E-state index in [1.807, 2.05) is 6.26 Å². The van der Waals surface area contributed by atoms with Gasteiger partial charge in [0.05, 0.1) is 5.92 Å². The molecule has 0 aromatic carbocycles. The van der Waals surface area contributed by atoms with Crippen LogP contribution < -0.4 is 5.32 Å². The van der Waals surface area contributed by atoms with Crippen molar-refractivity contribution in [1.82, 2.24) is 5.32 Å². The van der Waals surface area contributed by atoms with Crippen molar-refractivity contribution in [3.05, 3.63) is 0 Å². The molecule has 0 aromatic rings. The molecule has 0 saturated heterocycles. The lowest BCUT2D eigenvalue weighted by molar-refractivity contribution is -0.140. The minimum absolute atomic E-state index is 0.293. The highest BCUT2D eigenvalue weighted by Crippen LogP contribution is 2.02. The molecule has 72 valence electrons. The van der Waals surface area contributed by atoms with Crippen molar-refractivity contribution in [1.29, 1.82) is 0 Å². The highest BCUT2D eigenvalue weighted by atomic mass is 32.2. The summed E-state index contributed by atoms with van der Waals surface area (Å²) in [7, 11) is 0. The Morgan fingerprint density at radius 1 is 1.50 bits per heavy atom. The van der Waals surface area contributed by atoms with Gasteiger partial charge in [-0.05, 0) is 6.26 Å². The molecule has 2 unspecified atom stereocenters. The lowest BCUT2D eigenvalue weighted by Crippen LogP contribution is -2.30. The van der Waals surface area contributed by atoms with Crippen molar-refractivity contribution in [3.63, 3.8) is 0 Å². The van der Waals surface area contributed by atoms with Crippen LogP contribution in [0.25, 0.3) is 0 Å². The standard InChI is InChI=1S/C8H17NO2S/c1-6(8(10)11)4-9-5-7(2)12-3/h6-7,9H,4-5H2,1-3H3,(H,10,11). The predicted octanol–water partition coefficient (Wildman–Crippen LogP) is 1.05. The van der Waals surface area contributed by atoms with Gasteiger partial charge < -0.3 is 10.4 Å². The fourth-order valence-electron chi connectivity index (χ4n) is 0.674. The van der Waals surface area contributed by atoms with Crippen LogP contribution >= 0.6 is 11.8 Å².